The summed E-state index contributed by atoms with van der Waals surface area (Å²) in [7, 11) is 1.64. The van der Waals surface area contributed by atoms with Gasteiger partial charge in [0.15, 0.2) is 0 Å². The lowest BCUT2D eigenvalue weighted by Gasteiger charge is -2.12. The van der Waals surface area contributed by atoms with Gasteiger partial charge in [-0.25, -0.2) is 0 Å². The van der Waals surface area contributed by atoms with Crippen LogP contribution in [0.15, 0.2) is 22.9 Å². The quantitative estimate of drug-likeness (QED) is 0.823. The number of likely N-dealkylation sites (N-methyl/N-ethyl adjacent to an activating group) is 1. The van der Waals surface area contributed by atoms with Crippen molar-refractivity contribution in [1.29, 1.82) is 0 Å². The molecule has 0 aliphatic heterocycles. The van der Waals surface area contributed by atoms with Gasteiger partial charge >= 0.3 is 0 Å². The van der Waals surface area contributed by atoms with E-state index >= 15 is 0 Å². The molecule has 1 amide bonds. The van der Waals surface area contributed by atoms with E-state index in [1.807, 2.05) is 29.8 Å². The van der Waals surface area contributed by atoms with Gasteiger partial charge in [0, 0.05) is 13.2 Å². The molecular weight excluding hydrogens is 220 g/mol. The van der Waals surface area contributed by atoms with E-state index in [2.05, 4.69) is 21.2 Å². The smallest absolute Gasteiger partial charge is 0.242 e. The fourth-order valence-electron chi connectivity index (χ4n) is 1.02. The molecule has 1 aromatic rings. The molecule has 1 atom stereocenters. The summed E-state index contributed by atoms with van der Waals surface area (Å²) in [5.74, 6) is 0.00639. The predicted molar refractivity (Wildman–Crippen MR) is 50.9 cm³/mol. The molecule has 66 valence electrons. The van der Waals surface area contributed by atoms with Gasteiger partial charge in [-0.05, 0) is 35.0 Å². The summed E-state index contributed by atoms with van der Waals surface area (Å²) in [6.45, 7) is 1.85. The van der Waals surface area contributed by atoms with Crippen LogP contribution in [-0.4, -0.2) is 17.5 Å². The minimum atomic E-state index is -0.167. The number of hydrogen-bond acceptors (Lipinski definition) is 1. The molecule has 0 bridgehead atoms. The van der Waals surface area contributed by atoms with Gasteiger partial charge in [-0.2, -0.15) is 0 Å². The van der Waals surface area contributed by atoms with E-state index < -0.39 is 0 Å². The molecule has 0 aromatic carbocycles. The summed E-state index contributed by atoms with van der Waals surface area (Å²) in [4.78, 5) is 11.2. The highest BCUT2D eigenvalue weighted by atomic mass is 79.9. The molecule has 0 unspecified atom stereocenters. The third kappa shape index (κ3) is 1.69. The lowest BCUT2D eigenvalue weighted by Crippen LogP contribution is -2.27. The Morgan fingerprint density at radius 2 is 2.42 bits per heavy atom. The highest BCUT2D eigenvalue weighted by Gasteiger charge is 2.13. The Labute approximate surface area is 79.9 Å². The molecule has 0 fully saturated rings. The fraction of sp³-hybridized carbons (Fsp3) is 0.375. The van der Waals surface area contributed by atoms with Gasteiger partial charge < -0.3 is 9.88 Å². The maximum absolute atomic E-state index is 11.2. The van der Waals surface area contributed by atoms with E-state index in [4.69, 9.17) is 0 Å². The van der Waals surface area contributed by atoms with Crippen LogP contribution < -0.4 is 5.32 Å². The van der Waals surface area contributed by atoms with Crippen LogP contribution in [0, 0.1) is 0 Å². The van der Waals surface area contributed by atoms with Gasteiger partial charge in [-0.1, -0.05) is 0 Å². The highest BCUT2D eigenvalue weighted by Crippen LogP contribution is 2.16. The maximum Gasteiger partial charge on any atom is 0.242 e. The minimum Gasteiger partial charge on any atom is -0.357 e. The zero-order chi connectivity index (χ0) is 9.14. The third-order valence-electron chi connectivity index (χ3n) is 1.77. The first-order valence-electron chi connectivity index (χ1n) is 3.70. The molecule has 1 N–H and O–H groups in total. The lowest BCUT2D eigenvalue weighted by atomic mass is 10.3. The maximum atomic E-state index is 11.2. The van der Waals surface area contributed by atoms with E-state index in [0.29, 0.717) is 0 Å². The Bertz CT molecular complexity index is 282. The Morgan fingerprint density at radius 1 is 1.75 bits per heavy atom. The van der Waals surface area contributed by atoms with E-state index in [1.165, 1.54) is 0 Å². The summed E-state index contributed by atoms with van der Waals surface area (Å²) in [5.41, 5.74) is 0. The van der Waals surface area contributed by atoms with Gasteiger partial charge in [0.1, 0.15) is 6.04 Å². The molecule has 12 heavy (non-hydrogen) atoms. The number of halogens is 1. The van der Waals surface area contributed by atoms with Crippen molar-refractivity contribution < 1.29 is 4.79 Å². The standard InChI is InChI=1S/C8H11BrN2O/c1-6(8(12)10-2)11-5-3-4-7(11)9/h3-6H,1-2H3,(H,10,12)/t6-/m1/s1. The monoisotopic (exact) mass is 230 g/mol. The van der Waals surface area contributed by atoms with Gasteiger partial charge in [0.05, 0.1) is 4.60 Å². The third-order valence-corrected chi connectivity index (χ3v) is 2.44. The lowest BCUT2D eigenvalue weighted by molar-refractivity contribution is -0.123. The van der Waals surface area contributed by atoms with Gasteiger partial charge in [-0.3, -0.25) is 4.79 Å². The van der Waals surface area contributed by atoms with Gasteiger partial charge in [0.25, 0.3) is 0 Å². The molecule has 1 rings (SSSR count). The van der Waals surface area contributed by atoms with Crippen LogP contribution in [-0.2, 0) is 4.79 Å². The van der Waals surface area contributed by atoms with Crippen molar-refractivity contribution in [3.63, 3.8) is 0 Å². The number of carbonyl (C=O) groups is 1. The first kappa shape index (κ1) is 9.32. The SMILES string of the molecule is CNC(=O)[C@@H](C)n1cccc1Br. The Balaban J connectivity index is 2.84. The molecule has 1 aromatic heterocycles. The summed E-state index contributed by atoms with van der Waals surface area (Å²) in [6.07, 6.45) is 1.87. The van der Waals surface area contributed by atoms with E-state index in [9.17, 15) is 4.79 Å². The second kappa shape index (κ2) is 3.76. The van der Waals surface area contributed by atoms with E-state index in [1.54, 1.807) is 7.05 Å². The second-order valence-electron chi connectivity index (χ2n) is 2.53. The van der Waals surface area contributed by atoms with Crippen molar-refractivity contribution in [2.75, 3.05) is 7.05 Å². The van der Waals surface area contributed by atoms with Crippen LogP contribution >= 0.6 is 15.9 Å². The van der Waals surface area contributed by atoms with Crippen molar-refractivity contribution in [3.05, 3.63) is 22.9 Å². The van der Waals surface area contributed by atoms with Gasteiger partial charge in [-0.15, -0.1) is 0 Å². The summed E-state index contributed by atoms with van der Waals surface area (Å²) in [6, 6.07) is 3.63. The Hall–Kier alpha value is -0.770. The van der Waals surface area contributed by atoms with Crippen LogP contribution in [0.2, 0.25) is 0 Å². The Kier molecular flexibility index (Phi) is 2.92. The topological polar surface area (TPSA) is 34.0 Å². The number of amides is 1. The normalized spacial score (nSPS) is 12.6. The second-order valence-corrected chi connectivity index (χ2v) is 3.34. The first-order valence-corrected chi connectivity index (χ1v) is 4.50. The number of nitrogens with one attached hydrogen (secondary N) is 1. The molecule has 1 heterocycles. The van der Waals surface area contributed by atoms with Crippen molar-refractivity contribution in [1.82, 2.24) is 9.88 Å². The van der Waals surface area contributed by atoms with Crippen LogP contribution in [0.4, 0.5) is 0 Å². The van der Waals surface area contributed by atoms with Crippen LogP contribution in [0.25, 0.3) is 0 Å². The molecule has 4 heteroatoms. The molecule has 0 saturated heterocycles. The van der Waals surface area contributed by atoms with Crippen molar-refractivity contribution in [2.45, 2.75) is 13.0 Å². The molecular formula is C8H11BrN2O. The first-order chi connectivity index (χ1) is 5.66. The number of aromatic nitrogens is 1. The molecule has 3 nitrogen and oxygen atoms in total. The summed E-state index contributed by atoms with van der Waals surface area (Å²) < 4.78 is 2.78. The zero-order valence-corrected chi connectivity index (χ0v) is 8.63. The number of rotatable bonds is 2. The Morgan fingerprint density at radius 3 is 2.83 bits per heavy atom. The highest BCUT2D eigenvalue weighted by molar-refractivity contribution is 9.10. The van der Waals surface area contributed by atoms with Gasteiger partial charge in [0.2, 0.25) is 5.91 Å². The summed E-state index contributed by atoms with van der Waals surface area (Å²) in [5, 5.41) is 2.60. The van der Waals surface area contributed by atoms with Crippen LogP contribution in [0.5, 0.6) is 0 Å². The van der Waals surface area contributed by atoms with Crippen molar-refractivity contribution in [2.24, 2.45) is 0 Å². The zero-order valence-electron chi connectivity index (χ0n) is 7.04. The molecule has 0 saturated carbocycles. The molecule has 0 spiro atoms. The van der Waals surface area contributed by atoms with Crippen molar-refractivity contribution >= 4 is 21.8 Å². The fourth-order valence-corrected chi connectivity index (χ4v) is 1.60. The summed E-state index contributed by atoms with van der Waals surface area (Å²) >= 11 is 3.35. The molecule has 0 aliphatic rings. The number of carbonyl (C=O) groups excluding carboxylic acids is 1. The molecule has 0 radical (unpaired) electrons. The average molecular weight is 231 g/mol. The van der Waals surface area contributed by atoms with Crippen molar-refractivity contribution in [3.8, 4) is 0 Å². The van der Waals surface area contributed by atoms with Crippen LogP contribution in [0.1, 0.15) is 13.0 Å². The largest absolute Gasteiger partial charge is 0.357 e. The van der Waals surface area contributed by atoms with E-state index in [-0.39, 0.29) is 11.9 Å². The number of nitrogens with zero attached hydrogens (tertiary/aromatic N) is 1. The predicted octanol–water partition coefficient (Wildman–Crippen LogP) is 1.56. The minimum absolute atomic E-state index is 0.00639. The van der Waals surface area contributed by atoms with Crippen LogP contribution in [0.3, 0.4) is 0 Å². The van der Waals surface area contributed by atoms with E-state index in [0.717, 1.165) is 4.60 Å². The molecule has 0 aliphatic carbocycles. The average Bonchev–Trinajstić information content (AvgIpc) is 2.48. The number of hydrogen-bond donors (Lipinski definition) is 1.